The van der Waals surface area contributed by atoms with E-state index in [-0.39, 0.29) is 18.1 Å². The van der Waals surface area contributed by atoms with Gasteiger partial charge in [-0.2, -0.15) is 0 Å². The number of aryl methyl sites for hydroxylation is 1. The van der Waals surface area contributed by atoms with Gasteiger partial charge >= 0.3 is 0 Å². The Kier molecular flexibility index (Phi) is 5.46. The van der Waals surface area contributed by atoms with E-state index in [0.29, 0.717) is 28.5 Å². The summed E-state index contributed by atoms with van der Waals surface area (Å²) in [6, 6.07) is 8.05. The number of aliphatic hydroxyl groups excluding tert-OH is 1. The van der Waals surface area contributed by atoms with Crippen LogP contribution in [0.3, 0.4) is 0 Å². The van der Waals surface area contributed by atoms with Crippen molar-refractivity contribution in [1.82, 2.24) is 14.5 Å². The van der Waals surface area contributed by atoms with Crippen LogP contribution in [0.25, 0.3) is 22.2 Å². The van der Waals surface area contributed by atoms with Gasteiger partial charge in [-0.1, -0.05) is 6.07 Å². The molecule has 2 atom stereocenters. The summed E-state index contributed by atoms with van der Waals surface area (Å²) >= 11 is 0. The Hall–Kier alpha value is -2.78. The lowest BCUT2D eigenvalue weighted by atomic mass is 10.1. The molecule has 2 N–H and O–H groups in total. The molecule has 1 aliphatic carbocycles. The largest absolute Gasteiger partial charge is 0.396 e. The standard InChI is InChI=1S/C23H27N5O3S/c1-27-13-24-18-10-17(26-22(21(18)23(27)30)25-16-4-5-16)15-3-6-19(20(9-15)32(2)31)28-8-7-14(11-28)12-29/h3,6,9-10,13-14,16,29H,4-5,7-8,11-12H2,1-2H3,(H,25,26)/t14-,32?/m1/s1. The fourth-order valence-electron chi connectivity index (χ4n) is 4.26. The molecule has 5 rings (SSSR count). The fraction of sp³-hybridized carbons (Fsp3) is 0.435. The van der Waals surface area contributed by atoms with Gasteiger partial charge in [0.05, 0.1) is 38.9 Å². The fourth-order valence-corrected chi connectivity index (χ4v) is 5.05. The summed E-state index contributed by atoms with van der Waals surface area (Å²) in [7, 11) is 0.497. The first kappa shape index (κ1) is 21.1. The zero-order valence-electron chi connectivity index (χ0n) is 18.2. The van der Waals surface area contributed by atoms with Gasteiger partial charge in [-0.05, 0) is 37.5 Å². The van der Waals surface area contributed by atoms with E-state index in [9.17, 15) is 14.1 Å². The normalized spacial score (nSPS) is 19.5. The predicted molar refractivity (Wildman–Crippen MR) is 127 cm³/mol. The Morgan fingerprint density at radius 1 is 1.25 bits per heavy atom. The van der Waals surface area contributed by atoms with Crippen LogP contribution in [0.15, 0.2) is 40.3 Å². The predicted octanol–water partition coefficient (Wildman–Crippen LogP) is 2.13. The molecule has 168 valence electrons. The van der Waals surface area contributed by atoms with Crippen LogP contribution in [0.1, 0.15) is 19.3 Å². The van der Waals surface area contributed by atoms with Crippen molar-refractivity contribution in [3.63, 3.8) is 0 Å². The number of aliphatic hydroxyl groups is 1. The first-order valence-corrected chi connectivity index (χ1v) is 12.5. The molecule has 2 fully saturated rings. The van der Waals surface area contributed by atoms with Crippen molar-refractivity contribution in [2.75, 3.05) is 36.2 Å². The Morgan fingerprint density at radius 2 is 2.06 bits per heavy atom. The zero-order chi connectivity index (χ0) is 22.4. The number of nitrogens with zero attached hydrogens (tertiary/aromatic N) is 4. The minimum atomic E-state index is -1.19. The Bertz CT molecular complexity index is 1270. The molecule has 3 heterocycles. The molecule has 1 unspecified atom stereocenters. The van der Waals surface area contributed by atoms with Crippen LogP contribution in [0.5, 0.6) is 0 Å². The highest BCUT2D eigenvalue weighted by Gasteiger charge is 2.26. The van der Waals surface area contributed by atoms with Crippen LogP contribution in [0.2, 0.25) is 0 Å². The van der Waals surface area contributed by atoms with E-state index in [1.807, 2.05) is 24.3 Å². The maximum Gasteiger partial charge on any atom is 0.264 e. The van der Waals surface area contributed by atoms with Crippen molar-refractivity contribution in [3.8, 4) is 11.3 Å². The van der Waals surface area contributed by atoms with E-state index in [1.165, 1.54) is 10.9 Å². The van der Waals surface area contributed by atoms with Crippen molar-refractivity contribution in [2.45, 2.75) is 30.2 Å². The third-order valence-electron chi connectivity index (χ3n) is 6.27. The number of anilines is 2. The van der Waals surface area contributed by atoms with Crippen LogP contribution >= 0.6 is 0 Å². The minimum absolute atomic E-state index is 0.129. The van der Waals surface area contributed by atoms with Crippen molar-refractivity contribution in [3.05, 3.63) is 40.9 Å². The maximum atomic E-state index is 12.8. The number of nitrogens with one attached hydrogen (secondary N) is 1. The molecule has 2 aromatic heterocycles. The quantitative estimate of drug-likeness (QED) is 0.590. The number of hydrogen-bond donors (Lipinski definition) is 2. The van der Waals surface area contributed by atoms with Crippen LogP contribution in [-0.2, 0) is 17.8 Å². The summed E-state index contributed by atoms with van der Waals surface area (Å²) in [4.78, 5) is 25.0. The molecule has 8 nitrogen and oxygen atoms in total. The number of hydrogen-bond acceptors (Lipinski definition) is 7. The zero-order valence-corrected chi connectivity index (χ0v) is 19.1. The number of aromatic nitrogens is 3. The van der Waals surface area contributed by atoms with Gasteiger partial charge < -0.3 is 19.9 Å². The topological polar surface area (TPSA) is 100 Å². The molecule has 32 heavy (non-hydrogen) atoms. The molecular weight excluding hydrogens is 426 g/mol. The van der Waals surface area contributed by atoms with E-state index in [4.69, 9.17) is 4.98 Å². The second kappa shape index (κ2) is 8.29. The van der Waals surface area contributed by atoms with Gasteiger partial charge in [0, 0.05) is 50.5 Å². The first-order valence-electron chi connectivity index (χ1n) is 10.9. The number of pyridine rings is 1. The van der Waals surface area contributed by atoms with Gasteiger partial charge in [0.2, 0.25) is 0 Å². The lowest BCUT2D eigenvalue weighted by Crippen LogP contribution is -2.22. The number of fused-ring (bicyclic) bond motifs is 1. The van der Waals surface area contributed by atoms with Gasteiger partial charge in [0.1, 0.15) is 11.2 Å². The summed E-state index contributed by atoms with van der Waals surface area (Å²) in [6.07, 6.45) is 6.26. The summed E-state index contributed by atoms with van der Waals surface area (Å²) < 4.78 is 14.1. The molecule has 1 aromatic carbocycles. The van der Waals surface area contributed by atoms with Gasteiger partial charge in [-0.15, -0.1) is 0 Å². The highest BCUT2D eigenvalue weighted by atomic mass is 32.2. The second-order valence-corrected chi connectivity index (χ2v) is 10.1. The van der Waals surface area contributed by atoms with Crippen LogP contribution in [-0.4, -0.2) is 55.8 Å². The molecule has 0 bridgehead atoms. The summed E-state index contributed by atoms with van der Waals surface area (Å²) in [5.41, 5.74) is 2.93. The third kappa shape index (κ3) is 3.91. The van der Waals surface area contributed by atoms with Gasteiger partial charge in [-0.3, -0.25) is 9.00 Å². The maximum absolute atomic E-state index is 12.8. The molecule has 1 aliphatic heterocycles. The molecule has 2 aliphatic rings. The van der Waals surface area contributed by atoms with Crippen molar-refractivity contribution in [1.29, 1.82) is 0 Å². The molecule has 1 saturated carbocycles. The molecule has 1 saturated heterocycles. The molecule has 0 amide bonds. The summed E-state index contributed by atoms with van der Waals surface area (Å²) in [5, 5.41) is 13.4. The van der Waals surface area contributed by atoms with Crippen LogP contribution < -0.4 is 15.8 Å². The molecular formula is C23H27N5O3S. The SMILES string of the molecule is Cn1cnc2cc(-c3ccc(N4CC[C@@H](CO)C4)c(S(C)=O)c3)nc(NC3CC3)c2c1=O. The minimum Gasteiger partial charge on any atom is -0.396 e. The van der Waals surface area contributed by atoms with E-state index < -0.39 is 10.8 Å². The van der Waals surface area contributed by atoms with Crippen LogP contribution in [0.4, 0.5) is 11.5 Å². The van der Waals surface area contributed by atoms with Crippen LogP contribution in [0, 0.1) is 5.92 Å². The van der Waals surface area contributed by atoms with E-state index >= 15 is 0 Å². The number of benzene rings is 1. The Balaban J connectivity index is 1.60. The molecule has 3 aromatic rings. The van der Waals surface area contributed by atoms with E-state index in [2.05, 4.69) is 15.2 Å². The monoisotopic (exact) mass is 453 g/mol. The number of rotatable bonds is 6. The highest BCUT2D eigenvalue weighted by Crippen LogP contribution is 2.34. The van der Waals surface area contributed by atoms with Crippen molar-refractivity contribution < 1.29 is 9.32 Å². The summed E-state index contributed by atoms with van der Waals surface area (Å²) in [6.45, 7) is 1.77. The average molecular weight is 454 g/mol. The molecule has 0 spiro atoms. The summed E-state index contributed by atoms with van der Waals surface area (Å²) in [5.74, 6) is 0.807. The third-order valence-corrected chi connectivity index (χ3v) is 7.22. The highest BCUT2D eigenvalue weighted by molar-refractivity contribution is 7.84. The first-order chi connectivity index (χ1) is 15.4. The van der Waals surface area contributed by atoms with E-state index in [0.717, 1.165) is 48.5 Å². The molecule has 9 heteroatoms. The van der Waals surface area contributed by atoms with Gasteiger partial charge in [0.25, 0.3) is 5.56 Å². The Morgan fingerprint density at radius 3 is 2.75 bits per heavy atom. The van der Waals surface area contributed by atoms with Crippen molar-refractivity contribution in [2.24, 2.45) is 13.0 Å². The average Bonchev–Trinajstić information content (AvgIpc) is 3.47. The van der Waals surface area contributed by atoms with Crippen molar-refractivity contribution >= 4 is 33.2 Å². The second-order valence-electron chi connectivity index (χ2n) is 8.75. The smallest absolute Gasteiger partial charge is 0.264 e. The van der Waals surface area contributed by atoms with E-state index in [1.54, 1.807) is 13.3 Å². The van der Waals surface area contributed by atoms with Gasteiger partial charge in [0.15, 0.2) is 0 Å². The molecule has 0 radical (unpaired) electrons. The lowest BCUT2D eigenvalue weighted by molar-refractivity contribution is 0.238. The lowest BCUT2D eigenvalue weighted by Gasteiger charge is -2.22. The van der Waals surface area contributed by atoms with Gasteiger partial charge in [-0.25, -0.2) is 9.97 Å². The Labute approximate surface area is 188 Å².